The number of halogens is 1. The van der Waals surface area contributed by atoms with Crippen molar-refractivity contribution in [1.82, 2.24) is 0 Å². The number of hydrogen-bond acceptors (Lipinski definition) is 4. The Morgan fingerprint density at radius 3 is 1.98 bits per heavy atom. The molecule has 1 aromatic heterocycles. The number of benzene rings is 2. The maximum Gasteiger partial charge on any atom is 0.231 e. The van der Waals surface area contributed by atoms with Crippen LogP contribution < -0.4 is 47.5 Å². The van der Waals surface area contributed by atoms with Crippen molar-refractivity contribution < 1.29 is 47.5 Å². The lowest BCUT2D eigenvalue weighted by Gasteiger charge is -2.21. The second kappa shape index (κ2) is 16.6. The van der Waals surface area contributed by atoms with E-state index in [9.17, 15) is 0 Å². The van der Waals surface area contributed by atoms with Crippen LogP contribution in [0.4, 0.5) is 0 Å². The predicted molar refractivity (Wildman–Crippen MR) is 167 cm³/mol. The van der Waals surface area contributed by atoms with Gasteiger partial charge in [-0.05, 0) is 42.7 Å². The number of pyridine rings is 1. The average molecular weight is 688 g/mol. The highest BCUT2D eigenvalue weighted by molar-refractivity contribution is 5.95. The Hall–Kier alpha value is -2.22. The van der Waals surface area contributed by atoms with Crippen LogP contribution in [0, 0.1) is 0 Å². The molecule has 0 fully saturated rings. The first kappa shape index (κ1) is 32.7. The highest BCUT2D eigenvalue weighted by atomic mass is 127. The van der Waals surface area contributed by atoms with E-state index >= 15 is 0 Å². The maximum atomic E-state index is 5.88. The lowest BCUT2D eigenvalue weighted by Crippen LogP contribution is -3.00. The van der Waals surface area contributed by atoms with Gasteiger partial charge >= 0.3 is 0 Å². The van der Waals surface area contributed by atoms with Crippen LogP contribution in [-0.4, -0.2) is 21.0 Å². The lowest BCUT2D eigenvalue weighted by molar-refractivity contribution is -0.686. The summed E-state index contributed by atoms with van der Waals surface area (Å²) in [6, 6.07) is 8.66. The Kier molecular flexibility index (Phi) is 12.9. The zero-order chi connectivity index (χ0) is 28.4. The molecule has 3 aromatic rings. The van der Waals surface area contributed by atoms with Gasteiger partial charge in [0.05, 0.1) is 25.2 Å². The number of unbranched alkanes of at least 4 members (excludes halogenated alkanes) is 13. The zero-order valence-corrected chi connectivity index (χ0v) is 28.2. The normalized spacial score (nSPS) is 13.0. The monoisotopic (exact) mass is 687 g/mol. The molecule has 6 heteroatoms. The van der Waals surface area contributed by atoms with Gasteiger partial charge in [-0.3, -0.25) is 0 Å². The van der Waals surface area contributed by atoms with Crippen molar-refractivity contribution in [2.24, 2.45) is 0 Å². The third-order valence-corrected chi connectivity index (χ3v) is 9.02. The summed E-state index contributed by atoms with van der Waals surface area (Å²) in [6.45, 7) is 3.53. The standard InChI is InChI=1S/C36H50NO4.HI/c1-4-5-6-7-8-9-10-11-12-13-14-15-16-17-18-29-28-19-20-32(38-2)36(39-3)31(28)25-37-22-21-27-23-33-34(41-26-40-33)24-30(27)35(29)37;/h19-20,23-25H,4-18,21-22,26H2,1-3H3;1H/q+1;/p-1. The topological polar surface area (TPSA) is 40.8 Å². The molecule has 0 spiro atoms. The van der Waals surface area contributed by atoms with E-state index in [4.69, 9.17) is 18.9 Å². The van der Waals surface area contributed by atoms with E-state index in [1.165, 1.54) is 118 Å². The van der Waals surface area contributed by atoms with Crippen LogP contribution in [-0.2, 0) is 19.4 Å². The highest BCUT2D eigenvalue weighted by Crippen LogP contribution is 2.44. The summed E-state index contributed by atoms with van der Waals surface area (Å²) in [6.07, 6.45) is 23.5. The van der Waals surface area contributed by atoms with Crippen molar-refractivity contribution in [1.29, 1.82) is 0 Å². The van der Waals surface area contributed by atoms with Crippen LogP contribution in [0.2, 0.25) is 0 Å². The SMILES string of the molecule is CCCCCCCCCCCCCCCCc1c2[n+](cc3c(OC)c(OC)ccc13)CCc1cc3c(cc1-2)OCO3.[I-]. The van der Waals surface area contributed by atoms with Crippen molar-refractivity contribution >= 4 is 10.8 Å². The lowest BCUT2D eigenvalue weighted by atomic mass is 9.89. The fourth-order valence-corrected chi connectivity index (χ4v) is 6.76. The molecule has 0 bridgehead atoms. The molecule has 2 aromatic carbocycles. The summed E-state index contributed by atoms with van der Waals surface area (Å²) in [7, 11) is 3.45. The van der Waals surface area contributed by atoms with Gasteiger partial charge in [0.25, 0.3) is 0 Å². The van der Waals surface area contributed by atoms with E-state index in [1.54, 1.807) is 14.2 Å². The minimum absolute atomic E-state index is 0. The largest absolute Gasteiger partial charge is 1.00 e. The van der Waals surface area contributed by atoms with Gasteiger partial charge in [-0.25, -0.2) is 0 Å². The Morgan fingerprint density at radius 2 is 1.36 bits per heavy atom. The minimum Gasteiger partial charge on any atom is -1.00 e. The average Bonchev–Trinajstić information content (AvgIpc) is 3.46. The van der Waals surface area contributed by atoms with Crippen LogP contribution in [0.5, 0.6) is 23.0 Å². The molecule has 5 rings (SSSR count). The van der Waals surface area contributed by atoms with E-state index < -0.39 is 0 Å². The number of nitrogens with zero attached hydrogens (tertiary/aromatic N) is 1. The van der Waals surface area contributed by atoms with E-state index in [1.807, 2.05) is 0 Å². The molecule has 230 valence electrons. The molecule has 0 saturated heterocycles. The van der Waals surface area contributed by atoms with Crippen LogP contribution in [0.25, 0.3) is 22.0 Å². The molecule has 5 nitrogen and oxygen atoms in total. The quantitative estimate of drug-likeness (QED) is 0.0975. The Bertz CT molecular complexity index is 1310. The van der Waals surface area contributed by atoms with Crippen molar-refractivity contribution in [3.63, 3.8) is 0 Å². The van der Waals surface area contributed by atoms with Crippen molar-refractivity contribution in [2.75, 3.05) is 21.0 Å². The zero-order valence-electron chi connectivity index (χ0n) is 26.1. The van der Waals surface area contributed by atoms with E-state index in [-0.39, 0.29) is 24.0 Å². The smallest absolute Gasteiger partial charge is 0.231 e. The fraction of sp³-hybridized carbons (Fsp3) is 0.583. The van der Waals surface area contributed by atoms with Gasteiger partial charge in [0.1, 0.15) is 0 Å². The highest BCUT2D eigenvalue weighted by Gasteiger charge is 2.32. The molecule has 0 aliphatic carbocycles. The summed E-state index contributed by atoms with van der Waals surface area (Å²) in [4.78, 5) is 0. The van der Waals surface area contributed by atoms with Gasteiger partial charge in [-0.1, -0.05) is 90.4 Å². The summed E-state index contributed by atoms with van der Waals surface area (Å²) in [5.74, 6) is 3.33. The van der Waals surface area contributed by atoms with Crippen LogP contribution in [0.3, 0.4) is 0 Å². The number of aryl methyl sites for hydroxylation is 3. The number of aromatic nitrogens is 1. The number of rotatable bonds is 17. The molecule has 42 heavy (non-hydrogen) atoms. The van der Waals surface area contributed by atoms with Crippen molar-refractivity contribution in [3.8, 4) is 34.3 Å². The predicted octanol–water partition coefficient (Wildman–Crippen LogP) is 6.12. The first-order valence-electron chi connectivity index (χ1n) is 16.3. The molecule has 0 atom stereocenters. The third kappa shape index (κ3) is 7.64. The molecular formula is C36H50INO4. The van der Waals surface area contributed by atoms with Gasteiger partial charge in [-0.15, -0.1) is 0 Å². The number of hydrogen-bond donors (Lipinski definition) is 0. The molecule has 2 aliphatic heterocycles. The Labute approximate surface area is 270 Å². The summed E-state index contributed by atoms with van der Waals surface area (Å²) < 4.78 is 25.5. The van der Waals surface area contributed by atoms with E-state index in [0.29, 0.717) is 6.79 Å². The summed E-state index contributed by atoms with van der Waals surface area (Å²) in [5, 5.41) is 2.38. The second-order valence-electron chi connectivity index (χ2n) is 11.9. The molecule has 3 heterocycles. The van der Waals surface area contributed by atoms with Crippen LogP contribution in [0.1, 0.15) is 108 Å². The molecule has 0 amide bonds. The Balaban J connectivity index is 0.00000405. The van der Waals surface area contributed by atoms with Crippen LogP contribution >= 0.6 is 0 Å². The molecule has 0 radical (unpaired) electrons. The molecular weight excluding hydrogens is 637 g/mol. The molecule has 0 unspecified atom stereocenters. The van der Waals surface area contributed by atoms with Gasteiger partial charge in [-0.2, -0.15) is 4.57 Å². The van der Waals surface area contributed by atoms with Gasteiger partial charge < -0.3 is 42.9 Å². The summed E-state index contributed by atoms with van der Waals surface area (Å²) >= 11 is 0. The maximum absolute atomic E-state index is 5.88. The third-order valence-electron chi connectivity index (χ3n) is 9.02. The summed E-state index contributed by atoms with van der Waals surface area (Å²) in [5.41, 5.74) is 5.34. The molecule has 0 saturated carbocycles. The van der Waals surface area contributed by atoms with Crippen molar-refractivity contribution in [3.05, 3.63) is 41.6 Å². The minimum atomic E-state index is 0. The molecule has 2 aliphatic rings. The first-order chi connectivity index (χ1) is 20.2. The van der Waals surface area contributed by atoms with Gasteiger partial charge in [0, 0.05) is 17.4 Å². The molecule has 0 N–H and O–H groups in total. The Morgan fingerprint density at radius 1 is 0.738 bits per heavy atom. The van der Waals surface area contributed by atoms with Gasteiger partial charge in [0.2, 0.25) is 12.5 Å². The second-order valence-corrected chi connectivity index (χ2v) is 11.9. The van der Waals surface area contributed by atoms with Crippen molar-refractivity contribution in [2.45, 2.75) is 116 Å². The van der Waals surface area contributed by atoms with E-state index in [0.717, 1.165) is 47.8 Å². The first-order valence-corrected chi connectivity index (χ1v) is 16.3. The number of fused-ring (bicyclic) bond motifs is 5. The van der Waals surface area contributed by atoms with Gasteiger partial charge in [0.15, 0.2) is 35.7 Å². The number of methoxy groups -OCH3 is 2. The van der Waals surface area contributed by atoms with Crippen LogP contribution in [0.15, 0.2) is 30.5 Å². The van der Waals surface area contributed by atoms with E-state index in [2.05, 4.69) is 42.0 Å². The number of ether oxygens (including phenoxy) is 4. The fourth-order valence-electron chi connectivity index (χ4n) is 6.76.